The van der Waals surface area contributed by atoms with Crippen LogP contribution in [0.4, 0.5) is 11.4 Å². The zero-order chi connectivity index (χ0) is 21.1. The Morgan fingerprint density at radius 2 is 1.87 bits per heavy atom. The fourth-order valence-electron chi connectivity index (χ4n) is 3.56. The molecule has 1 aliphatic rings. The summed E-state index contributed by atoms with van der Waals surface area (Å²) in [6.07, 6.45) is 0.305. The monoisotopic (exact) mass is 422 g/mol. The first-order chi connectivity index (χ1) is 14.5. The van der Waals surface area contributed by atoms with Gasteiger partial charge >= 0.3 is 0 Å². The minimum absolute atomic E-state index is 0.0828. The third-order valence-corrected chi connectivity index (χ3v) is 6.15. The summed E-state index contributed by atoms with van der Waals surface area (Å²) in [4.78, 5) is 31.8. The predicted octanol–water partition coefficient (Wildman–Crippen LogP) is 3.92. The van der Waals surface area contributed by atoms with Crippen LogP contribution in [-0.4, -0.2) is 46.9 Å². The maximum Gasteiger partial charge on any atom is 0.269 e. The maximum absolute atomic E-state index is 12.7. The number of anilines is 1. The van der Waals surface area contributed by atoms with Crippen LogP contribution in [-0.2, 0) is 11.2 Å². The molecule has 2 heterocycles. The molecule has 3 aromatic rings. The Kier molecular flexibility index (Phi) is 5.76. The summed E-state index contributed by atoms with van der Waals surface area (Å²) in [6.45, 7) is 4.72. The van der Waals surface area contributed by atoms with Gasteiger partial charge in [0.2, 0.25) is 5.91 Å². The Balaban J connectivity index is 1.33. The molecule has 0 N–H and O–H groups in total. The summed E-state index contributed by atoms with van der Waals surface area (Å²) in [5.74, 6) is 0.0828. The van der Waals surface area contributed by atoms with Crippen molar-refractivity contribution in [3.63, 3.8) is 0 Å². The quantitative estimate of drug-likeness (QED) is 0.460. The van der Waals surface area contributed by atoms with E-state index < -0.39 is 4.92 Å². The normalized spacial score (nSPS) is 14.0. The third kappa shape index (κ3) is 4.49. The molecular formula is C22H22N4O3S. The van der Waals surface area contributed by atoms with Gasteiger partial charge in [-0.2, -0.15) is 0 Å². The molecule has 1 aromatic heterocycles. The van der Waals surface area contributed by atoms with Gasteiger partial charge in [0.15, 0.2) is 0 Å². The summed E-state index contributed by atoms with van der Waals surface area (Å²) in [7, 11) is 0. The summed E-state index contributed by atoms with van der Waals surface area (Å²) < 4.78 is 0. The number of aromatic nitrogens is 1. The molecular weight excluding hydrogens is 400 g/mol. The zero-order valence-electron chi connectivity index (χ0n) is 16.7. The van der Waals surface area contributed by atoms with Crippen molar-refractivity contribution in [1.29, 1.82) is 0 Å². The van der Waals surface area contributed by atoms with Gasteiger partial charge in [0.05, 0.1) is 17.0 Å². The molecule has 4 rings (SSSR count). The Labute approximate surface area is 178 Å². The van der Waals surface area contributed by atoms with Crippen LogP contribution in [0.2, 0.25) is 0 Å². The van der Waals surface area contributed by atoms with Crippen LogP contribution in [0, 0.1) is 17.0 Å². The standard InChI is InChI=1S/C22H22N4O3S/c1-16-3-2-4-17(13-16)22-23-18(15-30-22)14-21(27)25-11-9-24(10-12-25)19-5-7-20(8-6-19)26(28)29/h2-8,13,15H,9-12,14H2,1H3. The average Bonchev–Trinajstić information content (AvgIpc) is 3.22. The van der Waals surface area contributed by atoms with Gasteiger partial charge in [-0.3, -0.25) is 14.9 Å². The summed E-state index contributed by atoms with van der Waals surface area (Å²) >= 11 is 1.56. The first kappa shape index (κ1) is 20.0. The lowest BCUT2D eigenvalue weighted by Gasteiger charge is -2.36. The van der Waals surface area contributed by atoms with E-state index in [0.29, 0.717) is 32.6 Å². The van der Waals surface area contributed by atoms with Gasteiger partial charge in [0, 0.05) is 54.9 Å². The van der Waals surface area contributed by atoms with Crippen LogP contribution in [0.15, 0.2) is 53.9 Å². The molecule has 1 fully saturated rings. The molecule has 0 bridgehead atoms. The number of hydrogen-bond acceptors (Lipinski definition) is 6. The van der Waals surface area contributed by atoms with Crippen LogP contribution >= 0.6 is 11.3 Å². The van der Waals surface area contributed by atoms with E-state index in [0.717, 1.165) is 22.0 Å². The van der Waals surface area contributed by atoms with Crippen molar-refractivity contribution in [2.24, 2.45) is 0 Å². The zero-order valence-corrected chi connectivity index (χ0v) is 17.5. The van der Waals surface area contributed by atoms with Crippen molar-refractivity contribution in [2.45, 2.75) is 13.3 Å². The van der Waals surface area contributed by atoms with E-state index in [1.54, 1.807) is 23.5 Å². The van der Waals surface area contributed by atoms with Crippen molar-refractivity contribution in [1.82, 2.24) is 9.88 Å². The van der Waals surface area contributed by atoms with Crippen LogP contribution in [0.1, 0.15) is 11.3 Å². The van der Waals surface area contributed by atoms with E-state index in [-0.39, 0.29) is 11.6 Å². The molecule has 7 nitrogen and oxygen atoms in total. The van der Waals surface area contributed by atoms with Crippen molar-refractivity contribution in [3.05, 3.63) is 75.3 Å². The van der Waals surface area contributed by atoms with Gasteiger partial charge < -0.3 is 9.80 Å². The number of amides is 1. The Hall–Kier alpha value is -3.26. The topological polar surface area (TPSA) is 79.6 Å². The molecule has 0 aliphatic carbocycles. The lowest BCUT2D eigenvalue weighted by atomic mass is 10.1. The molecule has 0 saturated carbocycles. The first-order valence-electron chi connectivity index (χ1n) is 9.78. The summed E-state index contributed by atoms with van der Waals surface area (Å²) in [5, 5.41) is 13.7. The number of nitro benzene ring substituents is 1. The molecule has 30 heavy (non-hydrogen) atoms. The minimum Gasteiger partial charge on any atom is -0.368 e. The molecule has 8 heteroatoms. The highest BCUT2D eigenvalue weighted by Gasteiger charge is 2.22. The van der Waals surface area contributed by atoms with E-state index in [1.165, 1.54) is 17.7 Å². The molecule has 154 valence electrons. The van der Waals surface area contributed by atoms with Gasteiger partial charge in [-0.25, -0.2) is 4.98 Å². The lowest BCUT2D eigenvalue weighted by molar-refractivity contribution is -0.384. The molecule has 1 saturated heterocycles. The Morgan fingerprint density at radius 3 is 2.53 bits per heavy atom. The van der Waals surface area contributed by atoms with Crippen LogP contribution in [0.5, 0.6) is 0 Å². The number of non-ortho nitro benzene ring substituents is 1. The molecule has 1 aliphatic heterocycles. The Bertz CT molecular complexity index is 1060. The second-order valence-corrected chi connectivity index (χ2v) is 8.19. The smallest absolute Gasteiger partial charge is 0.269 e. The van der Waals surface area contributed by atoms with E-state index in [9.17, 15) is 14.9 Å². The largest absolute Gasteiger partial charge is 0.368 e. The molecule has 0 spiro atoms. The highest BCUT2D eigenvalue weighted by molar-refractivity contribution is 7.13. The number of aryl methyl sites for hydroxylation is 1. The third-order valence-electron chi connectivity index (χ3n) is 5.21. The van der Waals surface area contributed by atoms with Crippen LogP contribution < -0.4 is 4.90 Å². The highest BCUT2D eigenvalue weighted by atomic mass is 32.1. The number of nitrogens with zero attached hydrogens (tertiary/aromatic N) is 4. The summed E-state index contributed by atoms with van der Waals surface area (Å²) in [5.41, 5.74) is 4.09. The van der Waals surface area contributed by atoms with Gasteiger partial charge in [0.25, 0.3) is 5.69 Å². The van der Waals surface area contributed by atoms with Crippen molar-refractivity contribution in [2.75, 3.05) is 31.1 Å². The van der Waals surface area contributed by atoms with Crippen molar-refractivity contribution in [3.8, 4) is 10.6 Å². The minimum atomic E-state index is -0.400. The predicted molar refractivity (Wildman–Crippen MR) is 118 cm³/mol. The maximum atomic E-state index is 12.7. The fraction of sp³-hybridized carbons (Fsp3) is 0.273. The van der Waals surface area contributed by atoms with Gasteiger partial charge in [-0.15, -0.1) is 11.3 Å². The number of carbonyl (C=O) groups excluding carboxylic acids is 1. The number of rotatable bonds is 5. The fourth-order valence-corrected chi connectivity index (χ4v) is 4.38. The molecule has 0 unspecified atom stereocenters. The highest BCUT2D eigenvalue weighted by Crippen LogP contribution is 2.25. The van der Waals surface area contributed by atoms with Gasteiger partial charge in [-0.05, 0) is 25.1 Å². The molecule has 2 aromatic carbocycles. The average molecular weight is 423 g/mol. The van der Waals surface area contributed by atoms with Crippen LogP contribution in [0.25, 0.3) is 10.6 Å². The van der Waals surface area contributed by atoms with Crippen LogP contribution in [0.3, 0.4) is 0 Å². The number of carbonyl (C=O) groups is 1. The first-order valence-corrected chi connectivity index (χ1v) is 10.7. The van der Waals surface area contributed by atoms with Crippen molar-refractivity contribution >= 4 is 28.6 Å². The van der Waals surface area contributed by atoms with Crippen molar-refractivity contribution < 1.29 is 9.72 Å². The number of hydrogen-bond donors (Lipinski definition) is 0. The number of piperazine rings is 1. The van der Waals surface area contributed by atoms with E-state index in [1.807, 2.05) is 22.4 Å². The summed E-state index contributed by atoms with van der Waals surface area (Å²) in [6, 6.07) is 14.8. The van der Waals surface area contributed by atoms with E-state index >= 15 is 0 Å². The number of benzene rings is 2. The number of thiazole rings is 1. The lowest BCUT2D eigenvalue weighted by Crippen LogP contribution is -2.49. The van der Waals surface area contributed by atoms with E-state index in [2.05, 4.69) is 28.9 Å². The molecule has 1 amide bonds. The van der Waals surface area contributed by atoms with E-state index in [4.69, 9.17) is 0 Å². The molecule has 0 atom stereocenters. The van der Waals surface area contributed by atoms with Gasteiger partial charge in [-0.1, -0.05) is 23.8 Å². The number of nitro groups is 1. The molecule has 0 radical (unpaired) electrons. The second kappa shape index (κ2) is 8.62. The second-order valence-electron chi connectivity index (χ2n) is 7.33. The SMILES string of the molecule is Cc1cccc(-c2nc(CC(=O)N3CCN(c4ccc([N+](=O)[O-])cc4)CC3)cs2)c1. The van der Waals surface area contributed by atoms with Gasteiger partial charge in [0.1, 0.15) is 5.01 Å². The Morgan fingerprint density at radius 1 is 1.13 bits per heavy atom.